The van der Waals surface area contributed by atoms with E-state index < -0.39 is 0 Å². The van der Waals surface area contributed by atoms with Crippen molar-refractivity contribution in [3.05, 3.63) is 52.0 Å². The third-order valence-corrected chi connectivity index (χ3v) is 3.44. The highest BCUT2D eigenvalue weighted by molar-refractivity contribution is 7.07. The third-order valence-electron chi connectivity index (χ3n) is 2.74. The molecule has 0 aliphatic rings. The summed E-state index contributed by atoms with van der Waals surface area (Å²) in [6.45, 7) is 2.19. The minimum Gasteiger partial charge on any atom is -0.344 e. The molecule has 0 aromatic carbocycles. The van der Waals surface area contributed by atoms with E-state index in [0.717, 1.165) is 5.56 Å². The van der Waals surface area contributed by atoms with Crippen molar-refractivity contribution in [2.24, 2.45) is 5.73 Å². The summed E-state index contributed by atoms with van der Waals surface area (Å²) in [5.74, 6) is 5.37. The fourth-order valence-electron chi connectivity index (χ4n) is 1.70. The Morgan fingerprint density at radius 1 is 1.55 bits per heavy atom. The van der Waals surface area contributed by atoms with Crippen molar-refractivity contribution in [2.75, 3.05) is 6.54 Å². The quantitative estimate of drug-likeness (QED) is 0.847. The van der Waals surface area contributed by atoms with Gasteiger partial charge in [-0.15, -0.1) is 0 Å². The van der Waals surface area contributed by atoms with Gasteiger partial charge in [0.15, 0.2) is 0 Å². The van der Waals surface area contributed by atoms with Crippen LogP contribution in [0.3, 0.4) is 0 Å². The molecule has 5 heteroatoms. The van der Waals surface area contributed by atoms with Crippen LogP contribution >= 0.6 is 11.3 Å². The normalized spacial score (nSPS) is 11.3. The zero-order chi connectivity index (χ0) is 14.4. The standard InChI is InChI=1S/C15H15N3OS/c1-11(13-6-9-20-10-13)18-15(19)14-12(4-2-7-16)5-3-8-17-14/h3,5-6,8-11H,7,16H2,1H3,(H,18,19). The Balaban J connectivity index is 2.17. The number of nitrogens with zero attached hydrogens (tertiary/aromatic N) is 1. The number of carbonyl (C=O) groups excluding carboxylic acids is 1. The van der Waals surface area contributed by atoms with E-state index in [9.17, 15) is 4.79 Å². The molecule has 0 saturated heterocycles. The summed E-state index contributed by atoms with van der Waals surface area (Å²) in [5, 5.41) is 6.92. The maximum Gasteiger partial charge on any atom is 0.271 e. The van der Waals surface area contributed by atoms with Gasteiger partial charge in [-0.3, -0.25) is 4.79 Å². The van der Waals surface area contributed by atoms with Crippen molar-refractivity contribution < 1.29 is 4.79 Å². The molecular formula is C15H15N3OS. The number of nitrogens with two attached hydrogens (primary N) is 1. The molecule has 20 heavy (non-hydrogen) atoms. The van der Waals surface area contributed by atoms with E-state index in [1.54, 1.807) is 29.7 Å². The lowest BCUT2D eigenvalue weighted by molar-refractivity contribution is 0.0934. The summed E-state index contributed by atoms with van der Waals surface area (Å²) in [7, 11) is 0. The fourth-order valence-corrected chi connectivity index (χ4v) is 2.46. The minimum atomic E-state index is -0.231. The van der Waals surface area contributed by atoms with Gasteiger partial charge in [-0.1, -0.05) is 11.8 Å². The van der Waals surface area contributed by atoms with Gasteiger partial charge >= 0.3 is 0 Å². The second kappa shape index (κ2) is 6.85. The monoisotopic (exact) mass is 285 g/mol. The summed E-state index contributed by atoms with van der Waals surface area (Å²) in [6, 6.07) is 5.44. The highest BCUT2D eigenvalue weighted by atomic mass is 32.1. The number of amides is 1. The molecule has 2 rings (SSSR count). The Kier molecular flexibility index (Phi) is 4.88. The number of hydrogen-bond donors (Lipinski definition) is 2. The molecule has 2 heterocycles. The van der Waals surface area contributed by atoms with Crippen LogP contribution in [0.2, 0.25) is 0 Å². The molecule has 0 bridgehead atoms. The molecule has 0 aliphatic heterocycles. The number of hydrogen-bond acceptors (Lipinski definition) is 4. The first-order valence-corrected chi connectivity index (χ1v) is 7.13. The van der Waals surface area contributed by atoms with Gasteiger partial charge in [0, 0.05) is 6.20 Å². The molecule has 102 valence electrons. The lowest BCUT2D eigenvalue weighted by atomic mass is 10.1. The van der Waals surface area contributed by atoms with Gasteiger partial charge in [0.25, 0.3) is 5.91 Å². The first kappa shape index (κ1) is 14.3. The van der Waals surface area contributed by atoms with Crippen LogP contribution in [-0.4, -0.2) is 17.4 Å². The van der Waals surface area contributed by atoms with Crippen LogP contribution in [0.15, 0.2) is 35.2 Å². The Bertz CT molecular complexity index is 641. The van der Waals surface area contributed by atoms with Crippen molar-refractivity contribution in [3.8, 4) is 11.8 Å². The van der Waals surface area contributed by atoms with Crippen LogP contribution in [0.4, 0.5) is 0 Å². The summed E-state index contributed by atoms with van der Waals surface area (Å²) < 4.78 is 0. The van der Waals surface area contributed by atoms with E-state index in [-0.39, 0.29) is 18.5 Å². The van der Waals surface area contributed by atoms with Crippen LogP contribution in [0.1, 0.15) is 34.6 Å². The molecule has 4 nitrogen and oxygen atoms in total. The van der Waals surface area contributed by atoms with Crippen molar-refractivity contribution in [1.82, 2.24) is 10.3 Å². The summed E-state index contributed by atoms with van der Waals surface area (Å²) in [5.41, 5.74) is 7.35. The van der Waals surface area contributed by atoms with Crippen LogP contribution in [0.5, 0.6) is 0 Å². The Morgan fingerprint density at radius 2 is 2.40 bits per heavy atom. The molecule has 1 amide bonds. The lowest BCUT2D eigenvalue weighted by Gasteiger charge is -2.12. The van der Waals surface area contributed by atoms with Crippen LogP contribution in [-0.2, 0) is 0 Å². The molecular weight excluding hydrogens is 270 g/mol. The van der Waals surface area contributed by atoms with Gasteiger partial charge in [0.05, 0.1) is 18.2 Å². The zero-order valence-electron chi connectivity index (χ0n) is 11.1. The van der Waals surface area contributed by atoms with E-state index >= 15 is 0 Å². The van der Waals surface area contributed by atoms with Crippen molar-refractivity contribution in [1.29, 1.82) is 0 Å². The highest BCUT2D eigenvalue weighted by Gasteiger charge is 2.15. The molecule has 2 aromatic rings. The van der Waals surface area contributed by atoms with Crippen molar-refractivity contribution >= 4 is 17.2 Å². The number of nitrogens with one attached hydrogen (secondary N) is 1. The number of pyridine rings is 1. The molecule has 0 spiro atoms. The summed E-state index contributed by atoms with van der Waals surface area (Å²) in [4.78, 5) is 16.4. The first-order chi connectivity index (χ1) is 9.72. The SMILES string of the molecule is CC(NC(=O)c1ncccc1C#CCN)c1ccsc1. The van der Waals surface area contributed by atoms with E-state index in [1.165, 1.54) is 0 Å². The first-order valence-electron chi connectivity index (χ1n) is 6.19. The molecule has 0 radical (unpaired) electrons. The van der Waals surface area contributed by atoms with E-state index in [2.05, 4.69) is 22.1 Å². The predicted octanol–water partition coefficient (Wildman–Crippen LogP) is 1.94. The van der Waals surface area contributed by atoms with Gasteiger partial charge in [-0.2, -0.15) is 11.3 Å². The van der Waals surface area contributed by atoms with E-state index in [1.807, 2.05) is 23.8 Å². The largest absolute Gasteiger partial charge is 0.344 e. The van der Waals surface area contributed by atoms with Crippen LogP contribution < -0.4 is 11.1 Å². The number of aromatic nitrogens is 1. The number of thiophene rings is 1. The predicted molar refractivity (Wildman–Crippen MR) is 80.4 cm³/mol. The fraction of sp³-hybridized carbons (Fsp3) is 0.200. The third kappa shape index (κ3) is 3.44. The van der Waals surface area contributed by atoms with Gasteiger partial charge in [0.2, 0.25) is 0 Å². The molecule has 1 atom stereocenters. The average molecular weight is 285 g/mol. The van der Waals surface area contributed by atoms with Crippen molar-refractivity contribution in [2.45, 2.75) is 13.0 Å². The van der Waals surface area contributed by atoms with Gasteiger partial charge in [-0.25, -0.2) is 4.98 Å². The Labute approximate surface area is 122 Å². The lowest BCUT2D eigenvalue weighted by Crippen LogP contribution is -2.27. The molecule has 0 fully saturated rings. The maximum atomic E-state index is 12.3. The van der Waals surface area contributed by atoms with Gasteiger partial charge in [-0.05, 0) is 41.4 Å². The average Bonchev–Trinajstić information content (AvgIpc) is 2.99. The molecule has 2 aromatic heterocycles. The second-order valence-corrected chi connectivity index (χ2v) is 4.94. The van der Waals surface area contributed by atoms with Gasteiger partial charge < -0.3 is 11.1 Å². The molecule has 3 N–H and O–H groups in total. The Hall–Kier alpha value is -2.16. The molecule has 0 saturated carbocycles. The second-order valence-electron chi connectivity index (χ2n) is 4.16. The van der Waals surface area contributed by atoms with E-state index in [0.29, 0.717) is 11.3 Å². The smallest absolute Gasteiger partial charge is 0.271 e. The van der Waals surface area contributed by atoms with E-state index in [4.69, 9.17) is 5.73 Å². The van der Waals surface area contributed by atoms with Crippen molar-refractivity contribution in [3.63, 3.8) is 0 Å². The number of carbonyl (C=O) groups is 1. The zero-order valence-corrected chi connectivity index (χ0v) is 11.9. The topological polar surface area (TPSA) is 68.0 Å². The summed E-state index contributed by atoms with van der Waals surface area (Å²) in [6.07, 6.45) is 1.58. The minimum absolute atomic E-state index is 0.0638. The van der Waals surface area contributed by atoms with Gasteiger partial charge in [0.1, 0.15) is 5.69 Å². The van der Waals surface area contributed by atoms with Crippen LogP contribution in [0, 0.1) is 11.8 Å². The summed E-state index contributed by atoms with van der Waals surface area (Å²) >= 11 is 1.60. The Morgan fingerprint density at radius 3 is 3.10 bits per heavy atom. The number of rotatable bonds is 3. The maximum absolute atomic E-state index is 12.3. The highest BCUT2D eigenvalue weighted by Crippen LogP contribution is 2.16. The molecule has 1 unspecified atom stereocenters. The van der Waals surface area contributed by atoms with Crippen LogP contribution in [0.25, 0.3) is 0 Å². The molecule has 0 aliphatic carbocycles.